The van der Waals surface area contributed by atoms with Gasteiger partial charge in [0.05, 0.1) is 18.0 Å². The molecule has 1 aromatic carbocycles. The van der Waals surface area contributed by atoms with Gasteiger partial charge < -0.3 is 11.5 Å². The Bertz CT molecular complexity index is 952. The number of aromatic nitrogens is 1. The van der Waals surface area contributed by atoms with E-state index in [-0.39, 0.29) is 18.9 Å². The molecule has 7 heteroatoms. The largest absolute Gasteiger partial charge is 0.387 e. The Morgan fingerprint density at radius 3 is 2.86 bits per heavy atom. The van der Waals surface area contributed by atoms with Crippen molar-refractivity contribution in [3.8, 4) is 11.3 Å². The summed E-state index contributed by atoms with van der Waals surface area (Å²) >= 11 is 0. The first-order chi connectivity index (χ1) is 14.0. The maximum atomic E-state index is 13.0. The molecule has 0 spiro atoms. The smallest absolute Gasteiger partial charge is 0.273 e. The molecular weight excluding hydrogens is 366 g/mol. The van der Waals surface area contributed by atoms with E-state index in [9.17, 15) is 4.79 Å². The second-order valence-electron chi connectivity index (χ2n) is 6.92. The van der Waals surface area contributed by atoms with Gasteiger partial charge in [0.15, 0.2) is 0 Å². The Kier molecular flexibility index (Phi) is 6.74. The molecule has 0 unspecified atom stereocenters. The number of hydrogen-bond acceptors (Lipinski definition) is 6. The summed E-state index contributed by atoms with van der Waals surface area (Å²) in [4.78, 5) is 27.5. The van der Waals surface area contributed by atoms with Crippen LogP contribution < -0.4 is 11.5 Å². The normalized spacial score (nSPS) is 13.2. The van der Waals surface area contributed by atoms with E-state index in [1.807, 2.05) is 50.3 Å². The van der Waals surface area contributed by atoms with Crippen LogP contribution >= 0.6 is 0 Å². The van der Waals surface area contributed by atoms with Gasteiger partial charge in [-0.25, -0.2) is 10.1 Å². The molecule has 3 rings (SSSR count). The van der Waals surface area contributed by atoms with Gasteiger partial charge in [-0.05, 0) is 37.1 Å². The first-order valence-electron chi connectivity index (χ1n) is 9.78. The average Bonchev–Trinajstić information content (AvgIpc) is 2.88. The van der Waals surface area contributed by atoms with Crippen molar-refractivity contribution < 1.29 is 9.63 Å². The van der Waals surface area contributed by atoms with E-state index < -0.39 is 0 Å². The number of pyridine rings is 1. The minimum absolute atomic E-state index is 0.212. The van der Waals surface area contributed by atoms with Gasteiger partial charge in [-0.3, -0.25) is 14.6 Å². The lowest BCUT2D eigenvalue weighted by atomic mass is 10.0. The molecule has 1 aromatic heterocycles. The van der Waals surface area contributed by atoms with E-state index in [2.05, 4.69) is 9.98 Å². The molecule has 2 aromatic rings. The summed E-state index contributed by atoms with van der Waals surface area (Å²) in [6.07, 6.45) is 4.64. The first kappa shape index (κ1) is 20.7. The zero-order valence-corrected chi connectivity index (χ0v) is 16.9. The lowest BCUT2D eigenvalue weighted by Crippen LogP contribution is -2.35. The van der Waals surface area contributed by atoms with E-state index in [4.69, 9.17) is 16.3 Å². The molecule has 0 atom stereocenters. The highest BCUT2D eigenvalue weighted by atomic mass is 16.7. The molecule has 0 aliphatic carbocycles. The van der Waals surface area contributed by atoms with Crippen LogP contribution in [0.25, 0.3) is 17.3 Å². The van der Waals surface area contributed by atoms with Crippen LogP contribution in [0.1, 0.15) is 30.9 Å². The highest BCUT2D eigenvalue weighted by Crippen LogP contribution is 2.32. The Labute approximate surface area is 171 Å². The number of aliphatic imine (C=N–C) groups is 1. The van der Waals surface area contributed by atoms with Crippen LogP contribution in [-0.2, 0) is 9.63 Å². The van der Waals surface area contributed by atoms with Crippen molar-refractivity contribution in [2.45, 2.75) is 26.7 Å². The van der Waals surface area contributed by atoms with Crippen LogP contribution in [0.4, 0.5) is 5.69 Å². The monoisotopic (exact) mass is 393 g/mol. The minimum Gasteiger partial charge on any atom is -0.387 e. The highest BCUT2D eigenvalue weighted by molar-refractivity contribution is 6.05. The third kappa shape index (κ3) is 4.88. The maximum Gasteiger partial charge on any atom is 0.273 e. The first-order valence-corrected chi connectivity index (χ1v) is 9.78. The molecule has 1 amide bonds. The standard InChI is InChI=1S/C22H27N5O2/c1-3-10-27(29-11-8-23)22(28)18-12-16-6-7-17(13-19(16)26-20(24)14-18)21-15(2)5-4-9-25-21/h4-7,9,12-13H,3,8,10-11,14,23H2,1-2H3,(H2,24,26). The number of hydrogen-bond donors (Lipinski definition) is 2. The van der Waals surface area contributed by atoms with Gasteiger partial charge in [-0.1, -0.05) is 25.1 Å². The van der Waals surface area contributed by atoms with Gasteiger partial charge in [0.1, 0.15) is 5.84 Å². The van der Waals surface area contributed by atoms with Crippen LogP contribution in [0.5, 0.6) is 0 Å². The number of nitrogens with two attached hydrogens (primary N) is 2. The van der Waals surface area contributed by atoms with Crippen molar-refractivity contribution in [3.63, 3.8) is 0 Å². The van der Waals surface area contributed by atoms with E-state index in [1.54, 1.807) is 6.20 Å². The van der Waals surface area contributed by atoms with Crippen LogP contribution in [-0.4, -0.2) is 41.5 Å². The van der Waals surface area contributed by atoms with Crippen LogP contribution in [0, 0.1) is 6.92 Å². The number of amidine groups is 1. The van der Waals surface area contributed by atoms with E-state index in [0.29, 0.717) is 24.5 Å². The Balaban J connectivity index is 1.96. The van der Waals surface area contributed by atoms with Crippen molar-refractivity contribution in [2.75, 3.05) is 19.7 Å². The molecule has 0 saturated heterocycles. The van der Waals surface area contributed by atoms with Crippen molar-refractivity contribution in [1.82, 2.24) is 10.0 Å². The Hall–Kier alpha value is -3.03. The van der Waals surface area contributed by atoms with E-state index in [1.165, 1.54) is 5.06 Å². The fourth-order valence-corrected chi connectivity index (χ4v) is 3.21. The summed E-state index contributed by atoms with van der Waals surface area (Å²) in [5.41, 5.74) is 16.7. The molecule has 0 saturated carbocycles. The highest BCUT2D eigenvalue weighted by Gasteiger charge is 2.22. The maximum absolute atomic E-state index is 13.0. The molecule has 29 heavy (non-hydrogen) atoms. The van der Waals surface area contributed by atoms with E-state index in [0.717, 1.165) is 34.5 Å². The molecule has 0 fully saturated rings. The number of carbonyl (C=O) groups excluding carboxylic acids is 1. The average molecular weight is 393 g/mol. The topological polar surface area (TPSA) is 107 Å². The number of nitrogens with zero attached hydrogens (tertiary/aromatic N) is 3. The number of rotatable bonds is 7. The zero-order valence-electron chi connectivity index (χ0n) is 16.9. The van der Waals surface area contributed by atoms with Crippen molar-refractivity contribution in [2.24, 2.45) is 16.5 Å². The lowest BCUT2D eigenvalue weighted by Gasteiger charge is -2.22. The fourth-order valence-electron chi connectivity index (χ4n) is 3.21. The van der Waals surface area contributed by atoms with Gasteiger partial charge in [-0.15, -0.1) is 0 Å². The molecule has 2 heterocycles. The molecule has 4 N–H and O–H groups in total. The summed E-state index contributed by atoms with van der Waals surface area (Å²) in [5, 5.41) is 1.36. The number of fused-ring (bicyclic) bond motifs is 1. The summed E-state index contributed by atoms with van der Waals surface area (Å²) in [6, 6.07) is 9.81. The summed E-state index contributed by atoms with van der Waals surface area (Å²) in [7, 11) is 0. The zero-order chi connectivity index (χ0) is 20.8. The molecular formula is C22H27N5O2. The van der Waals surface area contributed by atoms with Crippen molar-refractivity contribution >= 4 is 23.5 Å². The molecule has 0 radical (unpaired) electrons. The van der Waals surface area contributed by atoms with Crippen LogP contribution in [0.15, 0.2) is 47.1 Å². The minimum atomic E-state index is -0.212. The van der Waals surface area contributed by atoms with Gasteiger partial charge in [0.2, 0.25) is 0 Å². The van der Waals surface area contributed by atoms with Crippen molar-refractivity contribution in [3.05, 3.63) is 53.2 Å². The molecule has 0 bridgehead atoms. The summed E-state index contributed by atoms with van der Waals surface area (Å²) in [5.74, 6) is 0.171. The predicted molar refractivity (Wildman–Crippen MR) is 115 cm³/mol. The third-order valence-corrected chi connectivity index (χ3v) is 4.57. The second kappa shape index (κ2) is 9.45. The van der Waals surface area contributed by atoms with E-state index >= 15 is 0 Å². The van der Waals surface area contributed by atoms with Gasteiger partial charge in [-0.2, -0.15) is 0 Å². The Morgan fingerprint density at radius 1 is 1.31 bits per heavy atom. The number of carbonyl (C=O) groups is 1. The van der Waals surface area contributed by atoms with Gasteiger partial charge in [0, 0.05) is 42.4 Å². The quantitative estimate of drug-likeness (QED) is 0.703. The van der Waals surface area contributed by atoms with Gasteiger partial charge >= 0.3 is 0 Å². The number of hydroxylamine groups is 2. The predicted octanol–water partition coefficient (Wildman–Crippen LogP) is 2.96. The third-order valence-electron chi connectivity index (χ3n) is 4.57. The summed E-state index contributed by atoms with van der Waals surface area (Å²) in [6.45, 7) is 5.12. The second-order valence-corrected chi connectivity index (χ2v) is 6.92. The van der Waals surface area contributed by atoms with Crippen LogP contribution in [0.3, 0.4) is 0 Å². The van der Waals surface area contributed by atoms with Gasteiger partial charge in [0.25, 0.3) is 5.91 Å². The molecule has 1 aliphatic rings. The fraction of sp³-hybridized carbons (Fsp3) is 0.318. The summed E-state index contributed by atoms with van der Waals surface area (Å²) < 4.78 is 0. The van der Waals surface area contributed by atoms with Crippen LogP contribution in [0.2, 0.25) is 0 Å². The number of benzene rings is 1. The Morgan fingerprint density at radius 2 is 2.14 bits per heavy atom. The number of aryl methyl sites for hydroxylation is 1. The molecule has 152 valence electrons. The molecule has 7 nitrogen and oxygen atoms in total. The number of amides is 1. The SMILES string of the molecule is CCCN(OCCN)C(=O)C1=Cc2ccc(-c3ncccc3C)cc2N=C(N)C1. The van der Waals surface area contributed by atoms with Crippen molar-refractivity contribution in [1.29, 1.82) is 0 Å². The molecule has 1 aliphatic heterocycles. The lowest BCUT2D eigenvalue weighted by molar-refractivity contribution is -0.181.